The van der Waals surface area contributed by atoms with E-state index in [1.807, 2.05) is 6.07 Å². The van der Waals surface area contributed by atoms with E-state index in [0.29, 0.717) is 12.1 Å². The summed E-state index contributed by atoms with van der Waals surface area (Å²) in [5.41, 5.74) is 1.37. The molecule has 1 aromatic carbocycles. The van der Waals surface area contributed by atoms with E-state index in [4.69, 9.17) is 0 Å². The van der Waals surface area contributed by atoms with Gasteiger partial charge in [0.25, 0.3) is 0 Å². The molecule has 1 aromatic rings. The van der Waals surface area contributed by atoms with Crippen LogP contribution in [0, 0.1) is 0 Å². The third-order valence-electron chi connectivity index (χ3n) is 2.06. The molecule has 0 aliphatic carbocycles. The van der Waals surface area contributed by atoms with Crippen molar-refractivity contribution in [2.75, 3.05) is 0 Å². The lowest BCUT2D eigenvalue weighted by Crippen LogP contribution is -2.29. The highest BCUT2D eigenvalue weighted by Crippen LogP contribution is 1.93. The van der Waals surface area contributed by atoms with Gasteiger partial charge in [-0.15, -0.1) is 0 Å². The topological polar surface area (TPSA) is 12.0 Å². The quantitative estimate of drug-likeness (QED) is 0.792. The lowest BCUT2D eigenvalue weighted by Gasteiger charge is -2.10. The Kier molecular flexibility index (Phi) is 8.22. The monoisotopic (exact) mass is 234 g/mol. The van der Waals surface area contributed by atoms with Crippen LogP contribution in [0.25, 0.3) is 0 Å². The van der Waals surface area contributed by atoms with E-state index in [1.54, 1.807) is 0 Å². The van der Waals surface area contributed by atoms with Gasteiger partial charge in [-0.3, -0.25) is 0 Å². The van der Waals surface area contributed by atoms with E-state index in [1.165, 1.54) is 10.8 Å². The maximum Gasteiger partial charge on any atom is 0.0715 e. The van der Waals surface area contributed by atoms with Crippen molar-refractivity contribution in [1.82, 2.24) is 5.32 Å². The number of nitrogens with one attached hydrogen (secondary N) is 1. The molecule has 0 atom stereocenters. The maximum atomic E-state index is 3.50. The van der Waals surface area contributed by atoms with Gasteiger partial charge in [0.05, 0.1) is 10.2 Å². The predicted octanol–water partition coefficient (Wildman–Crippen LogP) is 2.44. The molecule has 2 heteroatoms. The van der Waals surface area contributed by atoms with Crippen LogP contribution in [0.4, 0.5) is 0 Å². The van der Waals surface area contributed by atoms with Gasteiger partial charge in [0.2, 0.25) is 0 Å². The number of aryl methyl sites for hydroxylation is 1. The number of benzene rings is 1. The molecule has 1 N–H and O–H groups in total. The highest BCUT2D eigenvalue weighted by atomic mass is 28.1. The molecular formula is C14H24NSi. The molecule has 0 saturated carbocycles. The molecule has 0 bridgehead atoms. The van der Waals surface area contributed by atoms with Gasteiger partial charge >= 0.3 is 0 Å². The Hall–Kier alpha value is -0.603. The van der Waals surface area contributed by atoms with Gasteiger partial charge < -0.3 is 5.32 Å². The van der Waals surface area contributed by atoms with Crippen molar-refractivity contribution in [3.8, 4) is 0 Å². The summed E-state index contributed by atoms with van der Waals surface area (Å²) in [7, 11) is 3.50. The minimum Gasteiger partial charge on any atom is -0.312 e. The standard InChI is InChI=1S/C8H9Si.C6H15N/c1-2-7-5-3-4-6-8(7)9;1-5(2)7-6(3)4/h3-6H,2H2,1H3;5-7H,1-4H3. The Morgan fingerprint density at radius 2 is 1.56 bits per heavy atom. The van der Waals surface area contributed by atoms with Gasteiger partial charge in [0.1, 0.15) is 0 Å². The second kappa shape index (κ2) is 8.54. The van der Waals surface area contributed by atoms with Crippen LogP contribution in [0.5, 0.6) is 0 Å². The normalized spacial score (nSPS) is 10.2. The molecule has 0 aliphatic heterocycles. The van der Waals surface area contributed by atoms with Crippen molar-refractivity contribution < 1.29 is 0 Å². The lowest BCUT2D eigenvalue weighted by atomic mass is 10.2. The molecule has 0 spiro atoms. The fourth-order valence-corrected chi connectivity index (χ4v) is 1.85. The molecule has 16 heavy (non-hydrogen) atoms. The zero-order valence-corrected chi connectivity index (χ0v) is 12.2. The van der Waals surface area contributed by atoms with Crippen LogP contribution in [0.1, 0.15) is 40.2 Å². The Balaban J connectivity index is 0.000000293. The SMILES string of the molecule is CC(C)NC(C)C.CCc1ccccc1[Si]. The van der Waals surface area contributed by atoms with Crippen LogP contribution in [0.3, 0.4) is 0 Å². The summed E-state index contributed by atoms with van der Waals surface area (Å²) in [6.07, 6.45) is 1.10. The molecule has 1 rings (SSSR count). The summed E-state index contributed by atoms with van der Waals surface area (Å²) in [4.78, 5) is 0. The molecular weight excluding hydrogens is 210 g/mol. The van der Waals surface area contributed by atoms with E-state index >= 15 is 0 Å². The number of hydrogen-bond acceptors (Lipinski definition) is 1. The highest BCUT2D eigenvalue weighted by molar-refractivity contribution is 6.33. The molecule has 0 aliphatic rings. The third-order valence-corrected chi connectivity index (χ3v) is 2.55. The number of hydrogen-bond donors (Lipinski definition) is 1. The molecule has 0 aromatic heterocycles. The van der Waals surface area contributed by atoms with Gasteiger partial charge in [-0.05, 0) is 12.0 Å². The Morgan fingerprint density at radius 1 is 1.06 bits per heavy atom. The van der Waals surface area contributed by atoms with Gasteiger partial charge in [-0.25, -0.2) is 0 Å². The first-order valence-electron chi connectivity index (χ1n) is 6.02. The van der Waals surface area contributed by atoms with Gasteiger partial charge in [0.15, 0.2) is 0 Å². The van der Waals surface area contributed by atoms with E-state index in [9.17, 15) is 0 Å². The Morgan fingerprint density at radius 3 is 1.81 bits per heavy atom. The smallest absolute Gasteiger partial charge is 0.0715 e. The first-order chi connectivity index (χ1) is 7.47. The van der Waals surface area contributed by atoms with Gasteiger partial charge in [-0.1, -0.05) is 64.1 Å². The first kappa shape index (κ1) is 15.4. The van der Waals surface area contributed by atoms with Crippen molar-refractivity contribution in [3.05, 3.63) is 29.8 Å². The van der Waals surface area contributed by atoms with Gasteiger partial charge in [0, 0.05) is 12.1 Å². The first-order valence-corrected chi connectivity index (χ1v) is 6.52. The molecule has 0 amide bonds. The molecule has 0 saturated heterocycles. The Labute approximate surface area is 104 Å². The van der Waals surface area contributed by atoms with Crippen LogP contribution >= 0.6 is 0 Å². The second-order valence-corrected chi connectivity index (χ2v) is 5.03. The van der Waals surface area contributed by atoms with Crippen molar-refractivity contribution in [1.29, 1.82) is 0 Å². The molecule has 0 unspecified atom stereocenters. The Bertz CT molecular complexity index is 276. The van der Waals surface area contributed by atoms with Crippen molar-refractivity contribution >= 4 is 15.4 Å². The zero-order valence-electron chi connectivity index (χ0n) is 11.2. The van der Waals surface area contributed by atoms with E-state index < -0.39 is 0 Å². The van der Waals surface area contributed by atoms with Crippen molar-refractivity contribution in [3.63, 3.8) is 0 Å². The zero-order chi connectivity index (χ0) is 12.6. The fraction of sp³-hybridized carbons (Fsp3) is 0.571. The fourth-order valence-electron chi connectivity index (χ4n) is 1.50. The average Bonchev–Trinajstić information content (AvgIpc) is 2.17. The molecule has 89 valence electrons. The van der Waals surface area contributed by atoms with Crippen LogP contribution in [-0.2, 0) is 6.42 Å². The molecule has 0 fully saturated rings. The number of rotatable bonds is 3. The summed E-state index contributed by atoms with van der Waals surface area (Å²) >= 11 is 0. The summed E-state index contributed by atoms with van der Waals surface area (Å²) in [6, 6.07) is 9.53. The van der Waals surface area contributed by atoms with Crippen molar-refractivity contribution in [2.45, 2.75) is 53.1 Å². The van der Waals surface area contributed by atoms with Crippen LogP contribution in [-0.4, -0.2) is 22.3 Å². The predicted molar refractivity (Wildman–Crippen MR) is 74.6 cm³/mol. The van der Waals surface area contributed by atoms with Crippen molar-refractivity contribution in [2.24, 2.45) is 0 Å². The largest absolute Gasteiger partial charge is 0.312 e. The average molecular weight is 234 g/mol. The second-order valence-electron chi connectivity index (χ2n) is 4.49. The highest BCUT2D eigenvalue weighted by Gasteiger charge is 1.92. The van der Waals surface area contributed by atoms with Crippen LogP contribution in [0.15, 0.2) is 24.3 Å². The van der Waals surface area contributed by atoms with Crippen LogP contribution < -0.4 is 10.5 Å². The summed E-state index contributed by atoms with van der Waals surface area (Å²) < 4.78 is 0. The van der Waals surface area contributed by atoms with E-state index in [2.05, 4.69) is 68.4 Å². The van der Waals surface area contributed by atoms with E-state index in [-0.39, 0.29) is 0 Å². The minimum absolute atomic E-state index is 0.625. The maximum absolute atomic E-state index is 3.50. The van der Waals surface area contributed by atoms with Gasteiger partial charge in [-0.2, -0.15) is 0 Å². The van der Waals surface area contributed by atoms with E-state index in [0.717, 1.165) is 6.42 Å². The summed E-state index contributed by atoms with van der Waals surface area (Å²) in [5.74, 6) is 0. The molecule has 3 radical (unpaired) electrons. The summed E-state index contributed by atoms with van der Waals surface area (Å²) in [6.45, 7) is 10.8. The molecule has 1 nitrogen and oxygen atoms in total. The lowest BCUT2D eigenvalue weighted by molar-refractivity contribution is 0.518. The summed E-state index contributed by atoms with van der Waals surface area (Å²) in [5, 5.41) is 4.51. The molecule has 0 heterocycles. The minimum atomic E-state index is 0.625. The third kappa shape index (κ3) is 7.66. The van der Waals surface area contributed by atoms with Crippen LogP contribution in [0.2, 0.25) is 0 Å².